The number of imide groups is 2. The van der Waals surface area contributed by atoms with Gasteiger partial charge in [-0.25, -0.2) is 4.98 Å². The van der Waals surface area contributed by atoms with E-state index >= 15 is 0 Å². The summed E-state index contributed by atoms with van der Waals surface area (Å²) in [5.74, 6) is -2.62. The minimum absolute atomic E-state index is 0.0497. The molecule has 1 saturated carbocycles. The van der Waals surface area contributed by atoms with Crippen LogP contribution in [0.5, 0.6) is 0 Å². The number of nitrogens with zero attached hydrogens (tertiary/aromatic N) is 4. The predicted octanol–water partition coefficient (Wildman–Crippen LogP) is 4.76. The van der Waals surface area contributed by atoms with Crippen LogP contribution >= 0.6 is 0 Å². The highest BCUT2D eigenvalue weighted by molar-refractivity contribution is 6.25. The number of carbonyl (C=O) groups is 5. The minimum atomic E-state index is -4.71. The van der Waals surface area contributed by atoms with Crippen molar-refractivity contribution in [1.29, 1.82) is 0 Å². The molecule has 17 heteroatoms. The average molecular weight is 775 g/mol. The molecule has 1 atom stereocenters. The number of rotatable bonds is 11. The number of anilines is 2. The summed E-state index contributed by atoms with van der Waals surface area (Å²) < 4.78 is 41.5. The highest BCUT2D eigenvalue weighted by atomic mass is 19.4. The molecule has 2 aromatic heterocycles. The van der Waals surface area contributed by atoms with Gasteiger partial charge in [0, 0.05) is 48.0 Å². The number of benzene rings is 2. The molecule has 4 aromatic rings. The van der Waals surface area contributed by atoms with E-state index in [1.807, 2.05) is 10.9 Å². The second kappa shape index (κ2) is 15.1. The fourth-order valence-electron chi connectivity index (χ4n) is 7.66. The van der Waals surface area contributed by atoms with E-state index in [-0.39, 0.29) is 35.7 Å². The standard InChI is InChI=1S/C39H41F3N8O6/c1-38(2,56)25-18-28-22(17-29(25)46-34(52)27-7-4-8-31(45-27)39(40,41)42)20-49(48-28)23-11-9-21(10-12-23)19-43-15-16-44-26-6-3-5-24-33(26)37(55)50(36(24)54)30-13-14-32(51)47-35(30)53/h3-8,17-18,20-21,23,30,43-44,56H,9-16,19H2,1-2H3,(H,46,52)(H,47,51,53). The Balaban J connectivity index is 0.921. The fourth-order valence-corrected chi connectivity index (χ4v) is 7.66. The van der Waals surface area contributed by atoms with Crippen molar-refractivity contribution in [2.75, 3.05) is 30.3 Å². The third kappa shape index (κ3) is 7.86. The average Bonchev–Trinajstić information content (AvgIpc) is 3.68. The zero-order chi connectivity index (χ0) is 39.9. The molecule has 5 amide bonds. The Morgan fingerprint density at radius 2 is 1.70 bits per heavy atom. The summed E-state index contributed by atoms with van der Waals surface area (Å²) in [7, 11) is 0. The first kappa shape index (κ1) is 38.6. The van der Waals surface area contributed by atoms with Gasteiger partial charge in [-0.15, -0.1) is 0 Å². The van der Waals surface area contributed by atoms with E-state index < -0.39 is 58.7 Å². The van der Waals surface area contributed by atoms with Gasteiger partial charge in [0.05, 0.1) is 28.3 Å². The Labute approximate surface area is 319 Å². The monoisotopic (exact) mass is 774 g/mol. The summed E-state index contributed by atoms with van der Waals surface area (Å²) in [4.78, 5) is 67.9. The normalized spacial score (nSPS) is 20.3. The predicted molar refractivity (Wildman–Crippen MR) is 198 cm³/mol. The number of aromatic nitrogens is 3. The molecule has 294 valence electrons. The molecular formula is C39H41F3N8O6. The Kier molecular flexibility index (Phi) is 10.4. The summed E-state index contributed by atoms with van der Waals surface area (Å²) in [6.07, 6.45) is 0.940. The van der Waals surface area contributed by atoms with E-state index in [2.05, 4.69) is 26.3 Å². The lowest BCUT2D eigenvalue weighted by Crippen LogP contribution is -2.54. The fraction of sp³-hybridized carbons (Fsp3) is 0.410. The van der Waals surface area contributed by atoms with E-state index in [0.29, 0.717) is 41.2 Å². The lowest BCUT2D eigenvalue weighted by Gasteiger charge is -2.29. The zero-order valence-corrected chi connectivity index (χ0v) is 30.7. The van der Waals surface area contributed by atoms with Gasteiger partial charge in [-0.2, -0.15) is 18.3 Å². The number of piperidine rings is 1. The van der Waals surface area contributed by atoms with Crippen LogP contribution < -0.4 is 21.3 Å². The number of carbonyl (C=O) groups excluding carboxylic acids is 5. The molecule has 1 aliphatic carbocycles. The molecule has 7 rings (SSSR count). The number of hydrogen-bond acceptors (Lipinski definition) is 10. The highest BCUT2D eigenvalue weighted by Gasteiger charge is 2.45. The van der Waals surface area contributed by atoms with Crippen molar-refractivity contribution in [2.24, 2.45) is 5.92 Å². The molecule has 2 aromatic carbocycles. The van der Waals surface area contributed by atoms with Crippen molar-refractivity contribution in [3.05, 3.63) is 82.8 Å². The van der Waals surface area contributed by atoms with Crippen molar-refractivity contribution in [3.63, 3.8) is 0 Å². The smallest absolute Gasteiger partial charge is 0.386 e. The number of alkyl halides is 3. The Hall–Kier alpha value is -5.68. The molecule has 56 heavy (non-hydrogen) atoms. The van der Waals surface area contributed by atoms with E-state index in [1.165, 1.54) is 6.07 Å². The summed E-state index contributed by atoms with van der Waals surface area (Å²) in [5.41, 5.74) is -0.859. The number of fused-ring (bicyclic) bond motifs is 2. The van der Waals surface area contributed by atoms with Crippen molar-refractivity contribution < 1.29 is 42.3 Å². The maximum Gasteiger partial charge on any atom is 0.433 e. The van der Waals surface area contributed by atoms with Gasteiger partial charge in [0.1, 0.15) is 17.4 Å². The van der Waals surface area contributed by atoms with Gasteiger partial charge in [0.25, 0.3) is 17.7 Å². The number of hydrogen-bond donors (Lipinski definition) is 5. The molecule has 14 nitrogen and oxygen atoms in total. The SMILES string of the molecule is CC(C)(O)c1cc2nn(C3CCC(CNCCNc4cccc5c4C(=O)N(C4CCC(=O)NC4=O)C5=O)CC3)cc2cc1NC(=O)c1cccc(C(F)(F)F)n1. The van der Waals surface area contributed by atoms with Gasteiger partial charge in [0.15, 0.2) is 0 Å². The van der Waals surface area contributed by atoms with Gasteiger partial charge >= 0.3 is 6.18 Å². The molecule has 4 heterocycles. The summed E-state index contributed by atoms with van der Waals surface area (Å²) in [5, 5.41) is 28.0. The number of halogens is 3. The molecular weight excluding hydrogens is 733 g/mol. The highest BCUT2D eigenvalue weighted by Crippen LogP contribution is 2.36. The van der Waals surface area contributed by atoms with Crippen molar-refractivity contribution in [1.82, 2.24) is 30.3 Å². The van der Waals surface area contributed by atoms with E-state index in [1.54, 1.807) is 44.2 Å². The second-order valence-electron chi connectivity index (χ2n) is 15.0. The van der Waals surface area contributed by atoms with Crippen molar-refractivity contribution in [2.45, 2.75) is 76.2 Å². The van der Waals surface area contributed by atoms with Crippen LogP contribution in [-0.4, -0.2) is 80.0 Å². The maximum absolute atomic E-state index is 13.3. The van der Waals surface area contributed by atoms with Gasteiger partial charge < -0.3 is 21.1 Å². The number of nitrogens with one attached hydrogen (secondary N) is 4. The topological polar surface area (TPSA) is 188 Å². The van der Waals surface area contributed by atoms with Crippen LogP contribution in [0.3, 0.4) is 0 Å². The van der Waals surface area contributed by atoms with E-state index in [9.17, 15) is 42.3 Å². The molecule has 3 aliphatic rings. The largest absolute Gasteiger partial charge is 0.433 e. The first-order valence-corrected chi connectivity index (χ1v) is 18.5. The number of pyridine rings is 1. The van der Waals surface area contributed by atoms with Gasteiger partial charge in [0.2, 0.25) is 11.8 Å². The minimum Gasteiger partial charge on any atom is -0.386 e. The van der Waals surface area contributed by atoms with Crippen LogP contribution in [0.2, 0.25) is 0 Å². The third-order valence-corrected chi connectivity index (χ3v) is 10.5. The molecule has 0 radical (unpaired) electrons. The molecule has 0 bridgehead atoms. The molecule has 2 aliphatic heterocycles. The molecule has 1 unspecified atom stereocenters. The lowest BCUT2D eigenvalue weighted by molar-refractivity contribution is -0.141. The zero-order valence-electron chi connectivity index (χ0n) is 30.7. The first-order chi connectivity index (χ1) is 26.6. The number of amides is 5. The van der Waals surface area contributed by atoms with Crippen molar-refractivity contribution in [3.8, 4) is 0 Å². The Morgan fingerprint density at radius 3 is 2.41 bits per heavy atom. The molecule has 0 spiro atoms. The quantitative estimate of drug-likeness (QED) is 0.105. The molecule has 2 fully saturated rings. The molecule has 1 saturated heterocycles. The number of aliphatic hydroxyl groups is 1. The third-order valence-electron chi connectivity index (χ3n) is 10.5. The van der Waals surface area contributed by atoms with E-state index in [0.717, 1.165) is 49.3 Å². The van der Waals surface area contributed by atoms with E-state index in [4.69, 9.17) is 5.10 Å². The Bertz CT molecular complexity index is 2220. The second-order valence-corrected chi connectivity index (χ2v) is 15.0. The van der Waals surface area contributed by atoms with Crippen LogP contribution in [0.15, 0.2) is 54.7 Å². The van der Waals surface area contributed by atoms with Gasteiger partial charge in [-0.1, -0.05) is 12.1 Å². The summed E-state index contributed by atoms with van der Waals surface area (Å²) in [6.45, 7) is 4.95. The van der Waals surface area contributed by atoms with Crippen LogP contribution in [0.25, 0.3) is 10.9 Å². The van der Waals surface area contributed by atoms with Gasteiger partial charge in [-0.3, -0.25) is 38.9 Å². The lowest BCUT2D eigenvalue weighted by atomic mass is 9.86. The van der Waals surface area contributed by atoms with Crippen molar-refractivity contribution >= 4 is 51.8 Å². The van der Waals surface area contributed by atoms with Crippen LogP contribution in [0, 0.1) is 5.92 Å². The van der Waals surface area contributed by atoms with Crippen LogP contribution in [0.1, 0.15) is 101 Å². The van der Waals surface area contributed by atoms with Crippen LogP contribution in [0.4, 0.5) is 24.5 Å². The maximum atomic E-state index is 13.3. The summed E-state index contributed by atoms with van der Waals surface area (Å²) >= 11 is 0. The van der Waals surface area contributed by atoms with Gasteiger partial charge in [-0.05, 0) is 94.8 Å². The summed E-state index contributed by atoms with van der Waals surface area (Å²) in [6, 6.07) is 10.5. The van der Waals surface area contributed by atoms with Crippen LogP contribution in [-0.2, 0) is 21.4 Å². The molecule has 5 N–H and O–H groups in total. The first-order valence-electron chi connectivity index (χ1n) is 18.5. The Morgan fingerprint density at radius 1 is 0.946 bits per heavy atom.